The second-order valence-corrected chi connectivity index (χ2v) is 8.04. The highest BCUT2D eigenvalue weighted by atomic mass is 79.9. The Bertz CT molecular complexity index is 1030. The molecule has 3 N–H and O–H groups in total. The third-order valence-electron chi connectivity index (χ3n) is 4.28. The topological polar surface area (TPSA) is 94.0 Å². The van der Waals surface area contributed by atoms with Crippen molar-refractivity contribution >= 4 is 55.8 Å². The summed E-state index contributed by atoms with van der Waals surface area (Å²) in [6.45, 7) is 3.69. The second-order valence-electron chi connectivity index (χ2n) is 6.11. The van der Waals surface area contributed by atoms with Crippen LogP contribution >= 0.6 is 27.7 Å². The van der Waals surface area contributed by atoms with E-state index in [2.05, 4.69) is 38.2 Å². The molecule has 0 unspecified atom stereocenters. The lowest BCUT2D eigenvalue weighted by atomic mass is 9.98. The Morgan fingerprint density at radius 1 is 1.32 bits per heavy atom. The molecule has 7 nitrogen and oxygen atoms in total. The van der Waals surface area contributed by atoms with Gasteiger partial charge in [-0.25, -0.2) is 0 Å². The normalized spacial score (nSPS) is 20.6. The van der Waals surface area contributed by atoms with Gasteiger partial charge in [0, 0.05) is 27.0 Å². The smallest absolute Gasteiger partial charge is 0.240 e. The maximum atomic E-state index is 11.9. The molecular formula is C19H15BrN4O3S. The van der Waals surface area contributed by atoms with Crippen molar-refractivity contribution in [1.82, 2.24) is 10.4 Å². The first kappa shape index (κ1) is 18.6. The number of allylic oxidation sites excluding steroid dienone is 2. The van der Waals surface area contributed by atoms with Gasteiger partial charge in [0.15, 0.2) is 5.17 Å². The third kappa shape index (κ3) is 3.27. The fraction of sp³-hybridized carbons (Fsp3) is 0.105. The average Bonchev–Trinajstić information content (AvgIpc) is 2.67. The molecular weight excluding hydrogens is 444 g/mol. The van der Waals surface area contributed by atoms with E-state index in [1.165, 1.54) is 23.9 Å². The molecule has 0 aromatic heterocycles. The molecule has 28 heavy (non-hydrogen) atoms. The van der Waals surface area contributed by atoms with Gasteiger partial charge in [-0.2, -0.15) is 4.99 Å². The number of benzene rings is 1. The summed E-state index contributed by atoms with van der Waals surface area (Å²) >= 11 is 4.83. The SMILES string of the molecule is C=CCSC1=NC(O)=C2c3cc(Br)ccc3N[C@H](C3=CC(=O)C(=O)C=C3)N2N1. The Labute approximate surface area is 173 Å². The number of aliphatic hydroxyl groups excluding tert-OH is 1. The highest BCUT2D eigenvalue weighted by Crippen LogP contribution is 2.40. The lowest BCUT2D eigenvalue weighted by molar-refractivity contribution is -0.131. The first-order chi connectivity index (χ1) is 13.5. The Morgan fingerprint density at radius 3 is 2.89 bits per heavy atom. The lowest BCUT2D eigenvalue weighted by Crippen LogP contribution is -2.55. The van der Waals surface area contributed by atoms with Crippen LogP contribution in [0.2, 0.25) is 0 Å². The second kappa shape index (κ2) is 7.33. The summed E-state index contributed by atoms with van der Waals surface area (Å²) in [5.74, 6) is -0.669. The van der Waals surface area contributed by atoms with Crippen LogP contribution < -0.4 is 10.7 Å². The van der Waals surface area contributed by atoms with E-state index in [-0.39, 0.29) is 5.88 Å². The van der Waals surface area contributed by atoms with Gasteiger partial charge in [0.1, 0.15) is 11.9 Å². The fourth-order valence-corrected chi connectivity index (χ4v) is 4.02. The van der Waals surface area contributed by atoms with E-state index in [0.29, 0.717) is 22.2 Å². The summed E-state index contributed by atoms with van der Waals surface area (Å²) in [7, 11) is 0. The predicted octanol–water partition coefficient (Wildman–Crippen LogP) is 3.11. The quantitative estimate of drug-likeness (QED) is 0.363. The van der Waals surface area contributed by atoms with Crippen LogP contribution in [-0.4, -0.2) is 38.8 Å². The maximum absolute atomic E-state index is 11.9. The molecule has 1 aromatic carbocycles. The van der Waals surface area contributed by atoms with Crippen LogP contribution in [0.4, 0.5) is 5.69 Å². The number of hydrogen-bond donors (Lipinski definition) is 3. The van der Waals surface area contributed by atoms with E-state index in [4.69, 9.17) is 0 Å². The molecule has 0 saturated heterocycles. The molecule has 4 rings (SSSR count). The number of aliphatic hydroxyl groups is 1. The molecule has 3 aliphatic rings. The van der Waals surface area contributed by atoms with E-state index in [9.17, 15) is 14.7 Å². The molecule has 0 amide bonds. The van der Waals surface area contributed by atoms with E-state index in [0.717, 1.165) is 15.7 Å². The third-order valence-corrected chi connectivity index (χ3v) is 5.64. The number of aliphatic imine (C=N–C) groups is 1. The van der Waals surface area contributed by atoms with Gasteiger partial charge in [0.25, 0.3) is 0 Å². The first-order valence-electron chi connectivity index (χ1n) is 8.34. The Kier molecular flexibility index (Phi) is 4.86. The predicted molar refractivity (Wildman–Crippen MR) is 113 cm³/mol. The molecule has 1 aromatic rings. The molecule has 2 heterocycles. The molecule has 2 aliphatic heterocycles. The molecule has 0 spiro atoms. The minimum atomic E-state index is -0.581. The van der Waals surface area contributed by atoms with E-state index >= 15 is 0 Å². The van der Waals surface area contributed by atoms with E-state index in [1.807, 2.05) is 18.2 Å². The number of fused-ring (bicyclic) bond motifs is 3. The van der Waals surface area contributed by atoms with Crippen molar-refractivity contribution in [2.45, 2.75) is 6.17 Å². The summed E-state index contributed by atoms with van der Waals surface area (Å²) in [4.78, 5) is 27.7. The van der Waals surface area contributed by atoms with Gasteiger partial charge in [0.2, 0.25) is 17.4 Å². The Balaban J connectivity index is 1.82. The van der Waals surface area contributed by atoms with Gasteiger partial charge in [0.05, 0.1) is 0 Å². The van der Waals surface area contributed by atoms with Crippen molar-refractivity contribution in [3.63, 3.8) is 0 Å². The minimum Gasteiger partial charge on any atom is -0.492 e. The zero-order valence-corrected chi connectivity index (χ0v) is 16.9. The number of amidine groups is 1. The molecule has 0 saturated carbocycles. The molecule has 142 valence electrons. The standard InChI is InChI=1S/C19H15BrN4O3S/c1-2-7-28-19-22-18(27)16-12-9-11(20)4-5-13(12)21-17(24(16)23-19)10-3-6-14(25)15(26)8-10/h2-6,8-9,17,21,27H,1,7H2,(H,22,23)/t17-/m0/s1. The van der Waals surface area contributed by atoms with Gasteiger partial charge in [-0.3, -0.25) is 20.0 Å². The zero-order valence-electron chi connectivity index (χ0n) is 14.5. The van der Waals surface area contributed by atoms with Crippen molar-refractivity contribution < 1.29 is 14.7 Å². The number of carbonyl (C=O) groups is 2. The molecule has 1 aliphatic carbocycles. The number of rotatable bonds is 3. The highest BCUT2D eigenvalue weighted by Gasteiger charge is 2.37. The molecule has 9 heteroatoms. The van der Waals surface area contributed by atoms with Gasteiger partial charge in [-0.15, -0.1) is 6.58 Å². The zero-order chi connectivity index (χ0) is 19.8. The Hall–Kier alpha value is -2.78. The Morgan fingerprint density at radius 2 is 2.14 bits per heavy atom. The number of hydrogen-bond acceptors (Lipinski definition) is 8. The van der Waals surface area contributed by atoms with Crippen LogP contribution in [-0.2, 0) is 9.59 Å². The average molecular weight is 459 g/mol. The van der Waals surface area contributed by atoms with Crippen LogP contribution in [0.1, 0.15) is 5.56 Å². The number of carbonyl (C=O) groups excluding carboxylic acids is 2. The van der Waals surface area contributed by atoms with Crippen molar-refractivity contribution in [3.05, 3.63) is 70.6 Å². The molecule has 0 fully saturated rings. The van der Waals surface area contributed by atoms with Gasteiger partial charge < -0.3 is 10.4 Å². The number of thioether (sulfide) groups is 1. The monoisotopic (exact) mass is 458 g/mol. The fourth-order valence-electron chi connectivity index (χ4n) is 3.06. The minimum absolute atomic E-state index is 0.140. The van der Waals surface area contributed by atoms with Crippen LogP contribution in [0.5, 0.6) is 0 Å². The van der Waals surface area contributed by atoms with Crippen molar-refractivity contribution in [2.75, 3.05) is 11.1 Å². The maximum Gasteiger partial charge on any atom is 0.240 e. The summed E-state index contributed by atoms with van der Waals surface area (Å²) < 4.78 is 0.847. The van der Waals surface area contributed by atoms with Gasteiger partial charge in [-0.1, -0.05) is 39.8 Å². The highest BCUT2D eigenvalue weighted by molar-refractivity contribution is 9.10. The van der Waals surface area contributed by atoms with E-state index in [1.54, 1.807) is 17.2 Å². The van der Waals surface area contributed by atoms with Crippen LogP contribution in [0.3, 0.4) is 0 Å². The lowest BCUT2D eigenvalue weighted by Gasteiger charge is -2.43. The summed E-state index contributed by atoms with van der Waals surface area (Å²) in [5, 5.41) is 16.3. The van der Waals surface area contributed by atoms with Gasteiger partial charge >= 0.3 is 0 Å². The molecule has 0 radical (unpaired) electrons. The first-order valence-corrected chi connectivity index (χ1v) is 10.1. The van der Waals surface area contributed by atoms with Crippen LogP contribution in [0.25, 0.3) is 5.70 Å². The molecule has 1 atom stereocenters. The summed E-state index contributed by atoms with van der Waals surface area (Å²) in [6.07, 6.45) is 5.37. The number of nitrogens with one attached hydrogen (secondary N) is 2. The van der Waals surface area contributed by atoms with Crippen LogP contribution in [0.15, 0.2) is 70.0 Å². The largest absolute Gasteiger partial charge is 0.492 e. The van der Waals surface area contributed by atoms with Crippen molar-refractivity contribution in [3.8, 4) is 0 Å². The number of nitrogens with zero attached hydrogens (tertiary/aromatic N) is 2. The summed E-state index contributed by atoms with van der Waals surface area (Å²) in [5.41, 5.74) is 5.76. The number of anilines is 1. The summed E-state index contributed by atoms with van der Waals surface area (Å²) in [6, 6.07) is 5.62. The van der Waals surface area contributed by atoms with E-state index < -0.39 is 17.7 Å². The van der Waals surface area contributed by atoms with Gasteiger partial charge in [-0.05, 0) is 30.4 Å². The van der Waals surface area contributed by atoms with Crippen LogP contribution in [0, 0.1) is 0 Å². The number of hydrazine groups is 1. The van der Waals surface area contributed by atoms with Crippen molar-refractivity contribution in [1.29, 1.82) is 0 Å². The van der Waals surface area contributed by atoms with Crippen molar-refractivity contribution in [2.24, 2.45) is 4.99 Å². The molecule has 0 bridgehead atoms. The number of ketones is 2. The number of halogens is 1.